The maximum absolute atomic E-state index is 12.1. The Bertz CT molecular complexity index is 832. The number of rotatable bonds is 9. The summed E-state index contributed by atoms with van der Waals surface area (Å²) in [4.78, 5) is 35.0. The highest BCUT2D eigenvalue weighted by atomic mass is 32.2. The van der Waals surface area contributed by atoms with Crippen molar-refractivity contribution in [2.45, 2.75) is 30.0 Å². The Balaban J connectivity index is 1.43. The minimum atomic E-state index is -0.491. The Kier molecular flexibility index (Phi) is 6.40. The average Bonchev–Trinajstić information content (AvgIpc) is 3.20. The molecule has 0 aliphatic heterocycles. The molecular formula is C15H17N5O5S2. The lowest BCUT2D eigenvalue weighted by molar-refractivity contribution is -0.143. The highest BCUT2D eigenvalue weighted by molar-refractivity contribution is 8.01. The molecule has 1 aliphatic carbocycles. The van der Waals surface area contributed by atoms with Crippen molar-refractivity contribution in [2.75, 3.05) is 24.2 Å². The second-order valence-corrected chi connectivity index (χ2v) is 7.79. The Morgan fingerprint density at radius 2 is 2.19 bits per heavy atom. The van der Waals surface area contributed by atoms with Gasteiger partial charge in [-0.1, -0.05) is 28.3 Å². The molecule has 3 rings (SSSR count). The van der Waals surface area contributed by atoms with E-state index in [0.29, 0.717) is 15.4 Å². The van der Waals surface area contributed by atoms with Crippen LogP contribution in [0.1, 0.15) is 41.9 Å². The van der Waals surface area contributed by atoms with E-state index < -0.39 is 11.9 Å². The van der Waals surface area contributed by atoms with E-state index >= 15 is 0 Å². The van der Waals surface area contributed by atoms with Gasteiger partial charge in [0.25, 0.3) is 5.91 Å². The molecule has 0 unspecified atom stereocenters. The van der Waals surface area contributed by atoms with Gasteiger partial charge in [0.1, 0.15) is 12.3 Å². The summed E-state index contributed by atoms with van der Waals surface area (Å²) in [6.45, 7) is 1.78. The van der Waals surface area contributed by atoms with Crippen molar-refractivity contribution in [1.82, 2.24) is 20.7 Å². The number of thioether (sulfide) groups is 1. The van der Waals surface area contributed by atoms with E-state index in [1.54, 1.807) is 13.0 Å². The predicted molar refractivity (Wildman–Crippen MR) is 96.7 cm³/mol. The van der Waals surface area contributed by atoms with E-state index in [1.165, 1.54) is 0 Å². The zero-order valence-electron chi connectivity index (χ0n) is 14.4. The second-order valence-electron chi connectivity index (χ2n) is 5.59. The molecule has 0 aromatic carbocycles. The normalized spacial score (nSPS) is 13.2. The van der Waals surface area contributed by atoms with E-state index in [2.05, 4.69) is 26.0 Å². The Hall–Kier alpha value is -2.47. The smallest absolute Gasteiger partial charge is 0.325 e. The van der Waals surface area contributed by atoms with E-state index in [9.17, 15) is 14.4 Å². The Labute approximate surface area is 162 Å². The number of hydrogen-bond acceptors (Lipinski definition) is 10. The molecule has 0 saturated heterocycles. The minimum absolute atomic E-state index is 0.0655. The van der Waals surface area contributed by atoms with Gasteiger partial charge >= 0.3 is 5.97 Å². The fraction of sp³-hybridized carbons (Fsp3) is 0.467. The lowest BCUT2D eigenvalue weighted by atomic mass is 10.3. The number of aromatic nitrogens is 3. The molecular weight excluding hydrogens is 394 g/mol. The Morgan fingerprint density at radius 3 is 2.93 bits per heavy atom. The van der Waals surface area contributed by atoms with Gasteiger partial charge in [-0.3, -0.25) is 19.7 Å². The van der Waals surface area contributed by atoms with Crippen molar-refractivity contribution < 1.29 is 23.6 Å². The van der Waals surface area contributed by atoms with Crippen LogP contribution < -0.4 is 10.6 Å². The van der Waals surface area contributed by atoms with Crippen LogP contribution in [0.3, 0.4) is 0 Å². The second kappa shape index (κ2) is 8.95. The predicted octanol–water partition coefficient (Wildman–Crippen LogP) is 1.43. The molecule has 2 aromatic heterocycles. The molecule has 1 aliphatic rings. The first-order valence-electron chi connectivity index (χ1n) is 8.21. The van der Waals surface area contributed by atoms with Crippen molar-refractivity contribution in [2.24, 2.45) is 0 Å². The summed E-state index contributed by atoms with van der Waals surface area (Å²) in [6.07, 6.45) is 2.11. The van der Waals surface area contributed by atoms with Gasteiger partial charge in [-0.2, -0.15) is 0 Å². The molecule has 27 heavy (non-hydrogen) atoms. The van der Waals surface area contributed by atoms with Gasteiger partial charge < -0.3 is 14.6 Å². The van der Waals surface area contributed by atoms with E-state index in [-0.39, 0.29) is 30.5 Å². The summed E-state index contributed by atoms with van der Waals surface area (Å²) in [5, 5.41) is 16.9. The number of anilines is 1. The quantitative estimate of drug-likeness (QED) is 0.356. The van der Waals surface area contributed by atoms with Gasteiger partial charge in [0.15, 0.2) is 10.0 Å². The molecule has 2 heterocycles. The molecule has 0 spiro atoms. The molecule has 1 fully saturated rings. The molecule has 2 aromatic rings. The molecule has 12 heteroatoms. The number of carbonyl (C=O) groups excluding carboxylic acids is 3. The van der Waals surface area contributed by atoms with Crippen molar-refractivity contribution in [1.29, 1.82) is 0 Å². The van der Waals surface area contributed by atoms with Gasteiger partial charge in [-0.15, -0.1) is 10.2 Å². The first-order chi connectivity index (χ1) is 13.0. The van der Waals surface area contributed by atoms with Crippen LogP contribution in [0.25, 0.3) is 0 Å². The van der Waals surface area contributed by atoms with Crippen molar-refractivity contribution in [3.8, 4) is 0 Å². The molecule has 0 bridgehead atoms. The lowest BCUT2D eigenvalue weighted by Crippen LogP contribution is -2.31. The van der Waals surface area contributed by atoms with Crippen molar-refractivity contribution >= 4 is 46.0 Å². The topological polar surface area (TPSA) is 136 Å². The number of nitrogens with one attached hydrogen (secondary N) is 2. The molecule has 10 nitrogen and oxygen atoms in total. The fourth-order valence-electron chi connectivity index (χ4n) is 2.00. The van der Waals surface area contributed by atoms with Gasteiger partial charge in [0, 0.05) is 12.0 Å². The fourth-order valence-corrected chi connectivity index (χ4v) is 3.57. The molecule has 2 amide bonds. The zero-order valence-corrected chi connectivity index (χ0v) is 16.0. The summed E-state index contributed by atoms with van der Waals surface area (Å²) in [5.74, 6) is -0.0826. The Morgan fingerprint density at radius 1 is 1.37 bits per heavy atom. The zero-order chi connectivity index (χ0) is 19.2. The lowest BCUT2D eigenvalue weighted by Gasteiger charge is -2.03. The van der Waals surface area contributed by atoms with E-state index in [4.69, 9.17) is 9.26 Å². The number of nitrogens with zero attached hydrogens (tertiary/aromatic N) is 3. The van der Waals surface area contributed by atoms with Crippen LogP contribution in [0.4, 0.5) is 5.13 Å². The third kappa shape index (κ3) is 5.76. The first-order valence-corrected chi connectivity index (χ1v) is 10.0. The molecule has 1 saturated carbocycles. The standard InChI is InChI=1S/C15H17N5O5S2/c1-2-24-12(22)6-16-11(21)7-26-15-19-18-14(27-15)17-13(23)9-5-10(25-20-9)8-3-4-8/h5,8H,2-4,6-7H2,1H3,(H,16,21)(H,17,18,23). The highest BCUT2D eigenvalue weighted by Gasteiger charge is 2.29. The van der Waals surface area contributed by atoms with Crippen LogP contribution in [-0.2, 0) is 14.3 Å². The van der Waals surface area contributed by atoms with Crippen LogP contribution in [-0.4, -0.2) is 52.0 Å². The number of amides is 2. The van der Waals surface area contributed by atoms with Gasteiger partial charge in [-0.05, 0) is 19.8 Å². The van der Waals surface area contributed by atoms with Crippen LogP contribution in [0.5, 0.6) is 0 Å². The third-order valence-corrected chi connectivity index (χ3v) is 5.40. The van der Waals surface area contributed by atoms with Gasteiger partial charge in [0.2, 0.25) is 11.0 Å². The van der Waals surface area contributed by atoms with Crippen LogP contribution in [0, 0.1) is 0 Å². The van der Waals surface area contributed by atoms with Crippen molar-refractivity contribution in [3.05, 3.63) is 17.5 Å². The summed E-state index contributed by atoms with van der Waals surface area (Å²) in [6, 6.07) is 1.64. The van der Waals surface area contributed by atoms with E-state index in [0.717, 1.165) is 41.7 Å². The molecule has 0 atom stereocenters. The van der Waals surface area contributed by atoms with Crippen LogP contribution in [0.15, 0.2) is 14.9 Å². The minimum Gasteiger partial charge on any atom is -0.465 e. The van der Waals surface area contributed by atoms with Gasteiger partial charge in [0.05, 0.1) is 12.4 Å². The number of ether oxygens (including phenoxy) is 1. The summed E-state index contributed by atoms with van der Waals surface area (Å²) < 4.78 is 10.4. The summed E-state index contributed by atoms with van der Waals surface area (Å²) >= 11 is 2.28. The van der Waals surface area contributed by atoms with E-state index in [1.807, 2.05) is 0 Å². The summed E-state index contributed by atoms with van der Waals surface area (Å²) in [7, 11) is 0. The summed E-state index contributed by atoms with van der Waals surface area (Å²) in [5.41, 5.74) is 0.194. The third-order valence-electron chi connectivity index (χ3n) is 3.43. The number of esters is 1. The molecule has 144 valence electrons. The first kappa shape index (κ1) is 19.3. The highest BCUT2D eigenvalue weighted by Crippen LogP contribution is 2.40. The van der Waals surface area contributed by atoms with Crippen LogP contribution in [0.2, 0.25) is 0 Å². The number of carbonyl (C=O) groups is 3. The largest absolute Gasteiger partial charge is 0.465 e. The molecule has 0 radical (unpaired) electrons. The van der Waals surface area contributed by atoms with Gasteiger partial charge in [-0.25, -0.2) is 0 Å². The average molecular weight is 411 g/mol. The molecule has 2 N–H and O–H groups in total. The van der Waals surface area contributed by atoms with Crippen LogP contribution >= 0.6 is 23.1 Å². The SMILES string of the molecule is CCOC(=O)CNC(=O)CSc1nnc(NC(=O)c2cc(C3CC3)on2)s1. The maximum Gasteiger partial charge on any atom is 0.325 e. The monoisotopic (exact) mass is 411 g/mol. The van der Waals surface area contributed by atoms with Crippen molar-refractivity contribution in [3.63, 3.8) is 0 Å². The number of hydrogen-bond donors (Lipinski definition) is 2. The maximum atomic E-state index is 12.1.